The molecule has 0 saturated heterocycles. The molecule has 2 N–H and O–H groups in total. The topological polar surface area (TPSA) is 68.6 Å². The lowest BCUT2D eigenvalue weighted by molar-refractivity contribution is 0.501. The van der Waals surface area contributed by atoms with Crippen LogP contribution in [0.15, 0.2) is 68.6 Å². The van der Waals surface area contributed by atoms with Gasteiger partial charge in [0.25, 0.3) is 0 Å². The van der Waals surface area contributed by atoms with Crippen LogP contribution in [0.3, 0.4) is 0 Å². The molecule has 1 atom stereocenters. The molecule has 26 heavy (non-hydrogen) atoms. The van der Waals surface area contributed by atoms with E-state index in [1.807, 2.05) is 18.2 Å². The summed E-state index contributed by atoms with van der Waals surface area (Å²) in [5.41, 5.74) is 4.70. The van der Waals surface area contributed by atoms with E-state index in [0.717, 1.165) is 49.7 Å². The van der Waals surface area contributed by atoms with Gasteiger partial charge in [-0.25, -0.2) is 4.79 Å². The zero-order valence-electron chi connectivity index (χ0n) is 15.1. The van der Waals surface area contributed by atoms with Gasteiger partial charge in [-0.2, -0.15) is 5.10 Å². The number of unbranched alkanes of at least 4 members (excludes halogenated alkanes) is 1. The van der Waals surface area contributed by atoms with Gasteiger partial charge in [0.2, 0.25) is 0 Å². The maximum atomic E-state index is 11.5. The molecule has 4 nitrogen and oxygen atoms in total. The second-order valence-electron chi connectivity index (χ2n) is 6.87. The normalized spacial score (nSPS) is 17.4. The van der Waals surface area contributed by atoms with Gasteiger partial charge in [0, 0.05) is 12.0 Å². The second kappa shape index (κ2) is 9.18. The Balaban J connectivity index is 1.53. The average molecular weight is 350 g/mol. The lowest BCUT2D eigenvalue weighted by Gasteiger charge is -2.24. The van der Waals surface area contributed by atoms with Crippen molar-refractivity contribution in [3.05, 3.63) is 81.4 Å². The zero-order chi connectivity index (χ0) is 18.2. The fraction of sp³-hybridized carbons (Fsp3) is 0.364. The van der Waals surface area contributed by atoms with Crippen molar-refractivity contribution in [2.45, 2.75) is 50.9 Å². The summed E-state index contributed by atoms with van der Waals surface area (Å²) in [5, 5.41) is 3.54. The Morgan fingerprint density at radius 2 is 1.96 bits per heavy atom. The van der Waals surface area contributed by atoms with Crippen molar-refractivity contribution in [1.29, 1.82) is 0 Å². The van der Waals surface area contributed by atoms with Gasteiger partial charge in [0.15, 0.2) is 0 Å². The number of hydrogen-bond acceptors (Lipinski definition) is 4. The highest BCUT2D eigenvalue weighted by Gasteiger charge is 2.19. The fourth-order valence-electron chi connectivity index (χ4n) is 3.72. The molecule has 0 aliphatic heterocycles. The smallest absolute Gasteiger partial charge is 0.335 e. The van der Waals surface area contributed by atoms with Crippen LogP contribution in [0.5, 0.6) is 0 Å². The molecular formula is C22H26N2O2. The lowest BCUT2D eigenvalue weighted by Crippen LogP contribution is -2.10. The van der Waals surface area contributed by atoms with Crippen molar-refractivity contribution in [2.75, 3.05) is 0 Å². The van der Waals surface area contributed by atoms with Gasteiger partial charge < -0.3 is 10.3 Å². The summed E-state index contributed by atoms with van der Waals surface area (Å²) in [5.74, 6) is 5.55. The maximum Gasteiger partial charge on any atom is 0.335 e. The van der Waals surface area contributed by atoms with Gasteiger partial charge in [-0.15, -0.1) is 0 Å². The highest BCUT2D eigenvalue weighted by molar-refractivity contribution is 5.79. The Morgan fingerprint density at radius 3 is 2.73 bits per heavy atom. The van der Waals surface area contributed by atoms with Gasteiger partial charge in [-0.1, -0.05) is 35.9 Å². The van der Waals surface area contributed by atoms with Crippen molar-refractivity contribution < 1.29 is 4.42 Å². The standard InChI is InChI=1S/C22H26N2O2/c23-24-16-18-11-9-17(10-12-18)5-1-2-6-19-7-3-4-8-21(19)20-13-14-26-22(25)15-20/h7,9-16,21H,1-6,8,23H2. The minimum Gasteiger partial charge on any atom is -0.431 e. The SMILES string of the molecule is NN=Cc1ccc(CCCCC2=CCCCC2c2ccoc(=O)c2)cc1. The first kappa shape index (κ1) is 18.2. The van der Waals surface area contributed by atoms with Crippen LogP contribution in [-0.4, -0.2) is 6.21 Å². The maximum absolute atomic E-state index is 11.5. The first-order valence-corrected chi connectivity index (χ1v) is 9.36. The molecule has 3 rings (SSSR count). The third-order valence-electron chi connectivity index (χ3n) is 5.07. The van der Waals surface area contributed by atoms with E-state index >= 15 is 0 Å². The van der Waals surface area contributed by atoms with Gasteiger partial charge in [0.05, 0.1) is 12.5 Å². The molecule has 0 fully saturated rings. The number of hydrogen-bond donors (Lipinski definition) is 1. The number of allylic oxidation sites excluding steroid dienone is 2. The van der Waals surface area contributed by atoms with Crippen LogP contribution in [0, 0.1) is 0 Å². The molecule has 0 radical (unpaired) electrons. The molecule has 0 saturated carbocycles. The van der Waals surface area contributed by atoms with Crippen LogP contribution in [0.25, 0.3) is 0 Å². The van der Waals surface area contributed by atoms with E-state index < -0.39 is 0 Å². The minimum atomic E-state index is -0.254. The Bertz CT molecular complexity index is 819. The van der Waals surface area contributed by atoms with Crippen LogP contribution in [0.4, 0.5) is 0 Å². The largest absolute Gasteiger partial charge is 0.431 e. The number of hydrazone groups is 1. The fourth-order valence-corrected chi connectivity index (χ4v) is 3.72. The summed E-state index contributed by atoms with van der Waals surface area (Å²) in [6.07, 6.45) is 13.5. The third kappa shape index (κ3) is 4.94. The van der Waals surface area contributed by atoms with Crippen LogP contribution in [0.2, 0.25) is 0 Å². The Hall–Kier alpha value is -2.62. The second-order valence-corrected chi connectivity index (χ2v) is 6.87. The lowest BCUT2D eigenvalue weighted by atomic mass is 9.80. The summed E-state index contributed by atoms with van der Waals surface area (Å²) >= 11 is 0. The first-order chi connectivity index (χ1) is 12.8. The molecule has 1 unspecified atom stereocenters. The van der Waals surface area contributed by atoms with Crippen molar-refractivity contribution in [3.8, 4) is 0 Å². The van der Waals surface area contributed by atoms with Gasteiger partial charge in [0.1, 0.15) is 0 Å². The summed E-state index contributed by atoms with van der Waals surface area (Å²) in [6.45, 7) is 0. The zero-order valence-corrected chi connectivity index (χ0v) is 15.1. The Morgan fingerprint density at radius 1 is 1.15 bits per heavy atom. The Kier molecular flexibility index (Phi) is 6.42. The average Bonchev–Trinajstić information content (AvgIpc) is 2.67. The van der Waals surface area contributed by atoms with E-state index in [2.05, 4.69) is 23.3 Å². The molecule has 0 spiro atoms. The molecule has 1 aromatic carbocycles. The Labute approximate surface area is 154 Å². The monoisotopic (exact) mass is 350 g/mol. The van der Waals surface area contributed by atoms with Crippen LogP contribution < -0.4 is 11.5 Å². The summed E-state index contributed by atoms with van der Waals surface area (Å²) in [6, 6.07) is 12.0. The van der Waals surface area contributed by atoms with Crippen molar-refractivity contribution >= 4 is 6.21 Å². The van der Waals surface area contributed by atoms with E-state index in [4.69, 9.17) is 10.3 Å². The molecular weight excluding hydrogens is 324 g/mol. The van der Waals surface area contributed by atoms with Crippen molar-refractivity contribution in [3.63, 3.8) is 0 Å². The molecule has 1 aromatic heterocycles. The number of benzene rings is 1. The van der Waals surface area contributed by atoms with Crippen LogP contribution in [0.1, 0.15) is 61.1 Å². The predicted molar refractivity (Wildman–Crippen MR) is 105 cm³/mol. The van der Waals surface area contributed by atoms with E-state index in [1.54, 1.807) is 12.3 Å². The number of nitrogens with zero attached hydrogens (tertiary/aromatic N) is 1. The first-order valence-electron chi connectivity index (χ1n) is 9.36. The van der Waals surface area contributed by atoms with E-state index in [-0.39, 0.29) is 5.63 Å². The summed E-state index contributed by atoms with van der Waals surface area (Å²) < 4.78 is 4.87. The molecule has 0 bridgehead atoms. The van der Waals surface area contributed by atoms with Crippen LogP contribution >= 0.6 is 0 Å². The predicted octanol–water partition coefficient (Wildman–Crippen LogP) is 4.54. The molecule has 1 aliphatic carbocycles. The molecule has 1 aliphatic rings. The molecule has 136 valence electrons. The van der Waals surface area contributed by atoms with E-state index in [0.29, 0.717) is 5.92 Å². The van der Waals surface area contributed by atoms with E-state index in [1.165, 1.54) is 23.8 Å². The third-order valence-corrected chi connectivity index (χ3v) is 5.07. The quantitative estimate of drug-likeness (QED) is 0.262. The van der Waals surface area contributed by atoms with Crippen molar-refractivity contribution in [1.82, 2.24) is 0 Å². The molecule has 4 heteroatoms. The summed E-state index contributed by atoms with van der Waals surface area (Å²) in [7, 11) is 0. The molecule has 1 heterocycles. The number of nitrogens with two attached hydrogens (primary N) is 1. The summed E-state index contributed by atoms with van der Waals surface area (Å²) in [4.78, 5) is 11.5. The minimum absolute atomic E-state index is 0.254. The van der Waals surface area contributed by atoms with Gasteiger partial charge >= 0.3 is 5.63 Å². The van der Waals surface area contributed by atoms with Crippen LogP contribution in [-0.2, 0) is 6.42 Å². The molecule has 0 amide bonds. The van der Waals surface area contributed by atoms with Gasteiger partial charge in [-0.3, -0.25) is 0 Å². The highest BCUT2D eigenvalue weighted by atomic mass is 16.4. The molecule has 2 aromatic rings. The number of aryl methyl sites for hydroxylation is 1. The highest BCUT2D eigenvalue weighted by Crippen LogP contribution is 2.36. The van der Waals surface area contributed by atoms with Crippen molar-refractivity contribution in [2.24, 2.45) is 10.9 Å². The van der Waals surface area contributed by atoms with Gasteiger partial charge in [-0.05, 0) is 67.7 Å². The van der Waals surface area contributed by atoms with E-state index in [9.17, 15) is 4.79 Å². The number of rotatable bonds is 7.